The lowest BCUT2D eigenvalue weighted by Gasteiger charge is -2.33. The predicted octanol–water partition coefficient (Wildman–Crippen LogP) is 4.28. The normalized spacial score (nSPS) is 14.5. The number of carboxylic acid groups (broad SMARTS) is 1. The third kappa shape index (κ3) is 6.05. The van der Waals surface area contributed by atoms with Gasteiger partial charge in [-0.25, -0.2) is 4.98 Å². The minimum absolute atomic E-state index is 0.0507. The highest BCUT2D eigenvalue weighted by Gasteiger charge is 2.37. The Labute approximate surface area is 160 Å². The summed E-state index contributed by atoms with van der Waals surface area (Å²) in [7, 11) is 0. The van der Waals surface area contributed by atoms with Gasteiger partial charge in [-0.2, -0.15) is 0 Å². The SMILES string of the molecule is CCCC(C)(CC(=O)O)C(C)c1onnc1CCCCNc1ccccn1. The second kappa shape index (κ2) is 10.0. The van der Waals surface area contributed by atoms with Crippen molar-refractivity contribution in [1.29, 1.82) is 0 Å². The first-order valence-corrected chi connectivity index (χ1v) is 9.64. The number of carboxylic acids is 1. The molecule has 0 saturated heterocycles. The van der Waals surface area contributed by atoms with E-state index < -0.39 is 5.97 Å². The largest absolute Gasteiger partial charge is 0.481 e. The van der Waals surface area contributed by atoms with Crippen molar-refractivity contribution in [1.82, 2.24) is 15.4 Å². The highest BCUT2D eigenvalue weighted by Crippen LogP contribution is 2.43. The fourth-order valence-electron chi connectivity index (χ4n) is 3.51. The molecule has 0 aliphatic carbocycles. The van der Waals surface area contributed by atoms with Gasteiger partial charge in [0.1, 0.15) is 11.5 Å². The Kier molecular flexibility index (Phi) is 7.76. The summed E-state index contributed by atoms with van der Waals surface area (Å²) in [6, 6.07) is 5.79. The summed E-state index contributed by atoms with van der Waals surface area (Å²) < 4.78 is 5.45. The molecule has 0 aliphatic heterocycles. The highest BCUT2D eigenvalue weighted by atomic mass is 16.5. The zero-order valence-electron chi connectivity index (χ0n) is 16.4. The zero-order chi connectivity index (χ0) is 19.7. The second-order valence-electron chi connectivity index (χ2n) is 7.38. The molecule has 2 atom stereocenters. The maximum Gasteiger partial charge on any atom is 0.303 e. The van der Waals surface area contributed by atoms with Crippen molar-refractivity contribution in [2.45, 2.75) is 65.2 Å². The van der Waals surface area contributed by atoms with E-state index in [-0.39, 0.29) is 17.8 Å². The van der Waals surface area contributed by atoms with Crippen molar-refractivity contribution < 1.29 is 14.4 Å². The number of aliphatic carboxylic acids is 1. The molecule has 0 bridgehead atoms. The monoisotopic (exact) mass is 374 g/mol. The van der Waals surface area contributed by atoms with E-state index in [9.17, 15) is 9.90 Å². The lowest BCUT2D eigenvalue weighted by atomic mass is 9.70. The number of pyridine rings is 1. The third-order valence-electron chi connectivity index (χ3n) is 5.21. The fraction of sp³-hybridized carbons (Fsp3) is 0.600. The number of nitrogens with zero attached hydrogens (tertiary/aromatic N) is 3. The molecule has 7 heteroatoms. The van der Waals surface area contributed by atoms with Crippen molar-refractivity contribution in [3.05, 3.63) is 35.9 Å². The lowest BCUT2D eigenvalue weighted by Crippen LogP contribution is -2.27. The summed E-state index contributed by atoms with van der Waals surface area (Å²) in [4.78, 5) is 15.6. The topological polar surface area (TPSA) is 101 Å². The molecular formula is C20H30N4O3. The second-order valence-corrected chi connectivity index (χ2v) is 7.38. The Hall–Kier alpha value is -2.44. The fourth-order valence-corrected chi connectivity index (χ4v) is 3.51. The average Bonchev–Trinajstić information content (AvgIpc) is 3.09. The number of anilines is 1. The number of aryl methyl sites for hydroxylation is 1. The van der Waals surface area contributed by atoms with Crippen molar-refractivity contribution in [2.75, 3.05) is 11.9 Å². The van der Waals surface area contributed by atoms with Gasteiger partial charge < -0.3 is 14.9 Å². The first-order chi connectivity index (χ1) is 13.0. The molecule has 0 radical (unpaired) electrons. The number of rotatable bonds is 12. The molecule has 2 unspecified atom stereocenters. The Balaban J connectivity index is 1.90. The van der Waals surface area contributed by atoms with E-state index >= 15 is 0 Å². The summed E-state index contributed by atoms with van der Waals surface area (Å²) in [5.74, 6) is 0.765. The van der Waals surface area contributed by atoms with Gasteiger partial charge in [0.25, 0.3) is 0 Å². The predicted molar refractivity (Wildman–Crippen MR) is 104 cm³/mol. The van der Waals surface area contributed by atoms with Gasteiger partial charge in [-0.05, 0) is 43.2 Å². The van der Waals surface area contributed by atoms with Gasteiger partial charge >= 0.3 is 5.97 Å². The van der Waals surface area contributed by atoms with Crippen LogP contribution in [-0.4, -0.2) is 33.0 Å². The van der Waals surface area contributed by atoms with Gasteiger partial charge in [0.2, 0.25) is 0 Å². The molecule has 7 nitrogen and oxygen atoms in total. The first-order valence-electron chi connectivity index (χ1n) is 9.64. The molecule has 0 fully saturated rings. The summed E-state index contributed by atoms with van der Waals surface area (Å²) in [5.41, 5.74) is 0.463. The van der Waals surface area contributed by atoms with Crippen LogP contribution in [0.25, 0.3) is 0 Å². The Morgan fingerprint density at radius 3 is 2.85 bits per heavy atom. The van der Waals surface area contributed by atoms with Crippen molar-refractivity contribution in [3.8, 4) is 0 Å². The van der Waals surface area contributed by atoms with E-state index in [1.165, 1.54) is 0 Å². The van der Waals surface area contributed by atoms with Crippen LogP contribution in [0.3, 0.4) is 0 Å². The highest BCUT2D eigenvalue weighted by molar-refractivity contribution is 5.67. The van der Waals surface area contributed by atoms with E-state index in [0.717, 1.165) is 55.9 Å². The van der Waals surface area contributed by atoms with Crippen LogP contribution in [0.2, 0.25) is 0 Å². The Morgan fingerprint density at radius 1 is 1.37 bits per heavy atom. The molecule has 2 N–H and O–H groups in total. The van der Waals surface area contributed by atoms with Gasteiger partial charge in [0.05, 0.1) is 6.42 Å². The summed E-state index contributed by atoms with van der Waals surface area (Å²) >= 11 is 0. The van der Waals surface area contributed by atoms with Crippen LogP contribution in [-0.2, 0) is 11.2 Å². The van der Waals surface area contributed by atoms with E-state index in [2.05, 4.69) is 27.6 Å². The Morgan fingerprint density at radius 2 is 2.19 bits per heavy atom. The minimum atomic E-state index is -0.785. The van der Waals surface area contributed by atoms with E-state index in [0.29, 0.717) is 0 Å². The van der Waals surface area contributed by atoms with Gasteiger partial charge in [0.15, 0.2) is 5.76 Å². The van der Waals surface area contributed by atoms with Crippen molar-refractivity contribution in [2.24, 2.45) is 5.41 Å². The standard InChI is InChI=1S/C20H30N4O3/c1-4-11-20(3,14-18(25)26)15(2)19-16(23-24-27-19)9-5-7-12-21-17-10-6-8-13-22-17/h6,8,10,13,15H,4-5,7,9,11-12,14H2,1-3H3,(H,21,22)(H,25,26). The van der Waals surface area contributed by atoms with E-state index in [4.69, 9.17) is 4.52 Å². The molecule has 0 aromatic carbocycles. The number of hydrogen-bond donors (Lipinski definition) is 2. The number of nitrogens with one attached hydrogen (secondary N) is 1. The van der Waals surface area contributed by atoms with Crippen LogP contribution >= 0.6 is 0 Å². The maximum absolute atomic E-state index is 11.3. The molecule has 0 aliphatic rings. The number of hydrogen-bond acceptors (Lipinski definition) is 6. The first kappa shape index (κ1) is 20.9. The molecule has 148 valence electrons. The van der Waals surface area contributed by atoms with Crippen LogP contribution in [0.15, 0.2) is 28.9 Å². The lowest BCUT2D eigenvalue weighted by molar-refractivity contribution is -0.140. The number of unbranched alkanes of at least 4 members (excludes halogenated alkanes) is 1. The van der Waals surface area contributed by atoms with Crippen LogP contribution in [0.4, 0.5) is 5.82 Å². The molecule has 0 spiro atoms. The molecule has 0 saturated carbocycles. The van der Waals surface area contributed by atoms with Crippen molar-refractivity contribution >= 4 is 11.8 Å². The third-order valence-corrected chi connectivity index (χ3v) is 5.21. The van der Waals surface area contributed by atoms with Gasteiger partial charge in [-0.1, -0.05) is 33.3 Å². The van der Waals surface area contributed by atoms with Crippen molar-refractivity contribution in [3.63, 3.8) is 0 Å². The molecule has 2 aromatic heterocycles. The minimum Gasteiger partial charge on any atom is -0.481 e. The summed E-state index contributed by atoms with van der Waals surface area (Å²) in [6.07, 6.45) is 6.29. The maximum atomic E-state index is 11.3. The molecule has 2 heterocycles. The van der Waals surface area contributed by atoms with Crippen LogP contribution in [0.5, 0.6) is 0 Å². The molecule has 2 aromatic rings. The van der Waals surface area contributed by atoms with Gasteiger partial charge in [-0.3, -0.25) is 4.79 Å². The van der Waals surface area contributed by atoms with Crippen LogP contribution < -0.4 is 5.32 Å². The summed E-state index contributed by atoms with van der Waals surface area (Å²) in [5, 5.41) is 20.5. The van der Waals surface area contributed by atoms with E-state index in [1.54, 1.807) is 6.20 Å². The molecule has 2 rings (SSSR count). The number of aromatic nitrogens is 3. The quantitative estimate of drug-likeness (QED) is 0.535. The van der Waals surface area contributed by atoms with Gasteiger partial charge in [0, 0.05) is 23.9 Å². The molecule has 27 heavy (non-hydrogen) atoms. The van der Waals surface area contributed by atoms with Crippen LogP contribution in [0, 0.1) is 5.41 Å². The smallest absolute Gasteiger partial charge is 0.303 e. The van der Waals surface area contributed by atoms with Gasteiger partial charge in [-0.15, -0.1) is 5.10 Å². The van der Waals surface area contributed by atoms with Crippen LogP contribution in [0.1, 0.15) is 70.2 Å². The number of carbonyl (C=O) groups is 1. The zero-order valence-corrected chi connectivity index (χ0v) is 16.4. The average molecular weight is 374 g/mol. The Bertz CT molecular complexity index is 704. The molecule has 0 amide bonds. The summed E-state index contributed by atoms with van der Waals surface area (Å²) in [6.45, 7) is 6.94. The molecular weight excluding hydrogens is 344 g/mol. The van der Waals surface area contributed by atoms with E-state index in [1.807, 2.05) is 32.0 Å².